The summed E-state index contributed by atoms with van der Waals surface area (Å²) in [4.78, 5) is 21.6. The van der Waals surface area contributed by atoms with E-state index in [1.54, 1.807) is 6.33 Å². The zero-order valence-corrected chi connectivity index (χ0v) is 11.1. The van der Waals surface area contributed by atoms with E-state index in [0.29, 0.717) is 18.0 Å². The zero-order valence-electron chi connectivity index (χ0n) is 11.1. The molecule has 2 aliphatic rings. The number of hydrogen-bond acceptors (Lipinski definition) is 3. The van der Waals surface area contributed by atoms with E-state index in [9.17, 15) is 9.90 Å². The molecule has 3 unspecified atom stereocenters. The third-order valence-corrected chi connectivity index (χ3v) is 4.77. The third kappa shape index (κ3) is 1.73. The predicted octanol–water partition coefficient (Wildman–Crippen LogP) is 1.41. The molecule has 4 rings (SSSR count). The van der Waals surface area contributed by atoms with Crippen LogP contribution in [0, 0.1) is 11.8 Å². The van der Waals surface area contributed by atoms with Crippen LogP contribution in [0.4, 0.5) is 0 Å². The highest BCUT2D eigenvalue weighted by atomic mass is 16.3. The molecule has 5 nitrogen and oxygen atoms in total. The standard InChI is InChI=1S/C15H17N3O2/c19-14-4-2-10-6-18(7-11(10)14)15(20)9-1-3-12-13(5-9)17-8-16-12/h1,3,5,8,10-11,14,19H,2,4,6-7H2,(H,16,17). The van der Waals surface area contributed by atoms with E-state index in [0.717, 1.165) is 30.4 Å². The van der Waals surface area contributed by atoms with E-state index in [1.165, 1.54) is 0 Å². The molecule has 1 aromatic heterocycles. The van der Waals surface area contributed by atoms with Crippen LogP contribution in [0.3, 0.4) is 0 Å². The summed E-state index contributed by atoms with van der Waals surface area (Å²) in [5.41, 5.74) is 2.45. The molecule has 1 amide bonds. The van der Waals surface area contributed by atoms with Gasteiger partial charge in [0.15, 0.2) is 0 Å². The lowest BCUT2D eigenvalue weighted by Gasteiger charge is -2.18. The van der Waals surface area contributed by atoms with E-state index in [2.05, 4.69) is 9.97 Å². The lowest BCUT2D eigenvalue weighted by atomic mass is 10.00. The second-order valence-electron chi connectivity index (χ2n) is 5.91. The Morgan fingerprint density at radius 2 is 2.25 bits per heavy atom. The molecule has 0 radical (unpaired) electrons. The Kier molecular flexibility index (Phi) is 2.57. The van der Waals surface area contributed by atoms with Gasteiger partial charge in [-0.25, -0.2) is 4.98 Å². The molecule has 2 N–H and O–H groups in total. The van der Waals surface area contributed by atoms with Crippen molar-refractivity contribution < 1.29 is 9.90 Å². The molecule has 104 valence electrons. The number of aromatic amines is 1. The molecule has 2 fully saturated rings. The second kappa shape index (κ2) is 4.31. The second-order valence-corrected chi connectivity index (χ2v) is 5.91. The van der Waals surface area contributed by atoms with Crippen molar-refractivity contribution in [1.29, 1.82) is 0 Å². The van der Waals surface area contributed by atoms with Crippen molar-refractivity contribution in [3.8, 4) is 0 Å². The number of carbonyl (C=O) groups excluding carboxylic acids is 1. The normalized spacial score (nSPS) is 29.1. The molecule has 0 spiro atoms. The molecule has 1 aliphatic carbocycles. The first-order valence-corrected chi connectivity index (χ1v) is 7.13. The first-order valence-electron chi connectivity index (χ1n) is 7.13. The van der Waals surface area contributed by atoms with Crippen LogP contribution in [0.5, 0.6) is 0 Å². The molecule has 2 heterocycles. The molecule has 1 saturated heterocycles. The molecule has 2 aromatic rings. The Labute approximate surface area is 116 Å². The van der Waals surface area contributed by atoms with Crippen LogP contribution in [0.25, 0.3) is 11.0 Å². The van der Waals surface area contributed by atoms with Crippen LogP contribution >= 0.6 is 0 Å². The summed E-state index contributed by atoms with van der Waals surface area (Å²) in [5, 5.41) is 9.93. The van der Waals surface area contributed by atoms with Crippen molar-refractivity contribution in [2.24, 2.45) is 11.8 Å². The molecule has 1 aliphatic heterocycles. The summed E-state index contributed by atoms with van der Waals surface area (Å²) in [6.07, 6.45) is 3.33. The summed E-state index contributed by atoms with van der Waals surface area (Å²) in [6.45, 7) is 1.47. The van der Waals surface area contributed by atoms with E-state index >= 15 is 0 Å². The van der Waals surface area contributed by atoms with Gasteiger partial charge in [-0.15, -0.1) is 0 Å². The summed E-state index contributed by atoms with van der Waals surface area (Å²) in [5.74, 6) is 0.808. The maximum atomic E-state index is 12.6. The van der Waals surface area contributed by atoms with Crippen LogP contribution in [-0.4, -0.2) is 45.1 Å². The molecule has 3 atom stereocenters. The van der Waals surface area contributed by atoms with Gasteiger partial charge in [-0.05, 0) is 37.0 Å². The fourth-order valence-corrected chi connectivity index (χ4v) is 3.65. The number of amides is 1. The van der Waals surface area contributed by atoms with Crippen molar-refractivity contribution in [2.75, 3.05) is 13.1 Å². The maximum Gasteiger partial charge on any atom is 0.253 e. The van der Waals surface area contributed by atoms with E-state index < -0.39 is 0 Å². The molecule has 1 aromatic carbocycles. The van der Waals surface area contributed by atoms with Crippen LogP contribution in [0.2, 0.25) is 0 Å². The number of likely N-dealkylation sites (tertiary alicyclic amines) is 1. The number of imidazole rings is 1. The van der Waals surface area contributed by atoms with Crippen molar-refractivity contribution in [1.82, 2.24) is 14.9 Å². The van der Waals surface area contributed by atoms with Gasteiger partial charge in [0.1, 0.15) is 0 Å². The highest BCUT2D eigenvalue weighted by Gasteiger charge is 2.43. The zero-order chi connectivity index (χ0) is 13.7. The topological polar surface area (TPSA) is 69.2 Å². The first-order chi connectivity index (χ1) is 9.72. The van der Waals surface area contributed by atoms with E-state index in [-0.39, 0.29) is 17.9 Å². The summed E-state index contributed by atoms with van der Waals surface area (Å²) in [6, 6.07) is 5.55. The van der Waals surface area contributed by atoms with Gasteiger partial charge in [-0.2, -0.15) is 0 Å². The number of hydrogen-bond donors (Lipinski definition) is 2. The number of carbonyl (C=O) groups is 1. The number of aromatic nitrogens is 2. The SMILES string of the molecule is O=C(c1ccc2nc[nH]c2c1)N1CC2CCC(O)C2C1. The lowest BCUT2D eigenvalue weighted by Crippen LogP contribution is -2.31. The van der Waals surface area contributed by atoms with Crippen molar-refractivity contribution in [3.05, 3.63) is 30.1 Å². The van der Waals surface area contributed by atoms with Crippen molar-refractivity contribution in [2.45, 2.75) is 18.9 Å². The average Bonchev–Trinajstić information content (AvgIpc) is 3.14. The number of H-pyrrole nitrogens is 1. The summed E-state index contributed by atoms with van der Waals surface area (Å²) >= 11 is 0. The summed E-state index contributed by atoms with van der Waals surface area (Å²) < 4.78 is 0. The molecule has 1 saturated carbocycles. The van der Waals surface area contributed by atoms with Gasteiger partial charge in [-0.1, -0.05) is 0 Å². The van der Waals surface area contributed by atoms with E-state index in [1.807, 2.05) is 23.1 Å². The number of rotatable bonds is 1. The lowest BCUT2D eigenvalue weighted by molar-refractivity contribution is 0.0752. The number of fused-ring (bicyclic) bond motifs is 2. The van der Waals surface area contributed by atoms with Gasteiger partial charge in [0.25, 0.3) is 5.91 Å². The van der Waals surface area contributed by atoms with E-state index in [4.69, 9.17) is 0 Å². The van der Waals surface area contributed by atoms with Crippen molar-refractivity contribution >= 4 is 16.9 Å². The maximum absolute atomic E-state index is 12.6. The number of aliphatic hydroxyl groups is 1. The molecule has 20 heavy (non-hydrogen) atoms. The van der Waals surface area contributed by atoms with Crippen LogP contribution in [0.15, 0.2) is 24.5 Å². The highest BCUT2D eigenvalue weighted by molar-refractivity contribution is 5.97. The van der Waals surface area contributed by atoms with Gasteiger partial charge in [0.2, 0.25) is 0 Å². The van der Waals surface area contributed by atoms with Crippen LogP contribution in [-0.2, 0) is 0 Å². The van der Waals surface area contributed by atoms with Gasteiger partial charge in [0.05, 0.1) is 23.5 Å². The van der Waals surface area contributed by atoms with Gasteiger partial charge in [-0.3, -0.25) is 4.79 Å². The number of nitrogens with zero attached hydrogens (tertiary/aromatic N) is 2. The molecular formula is C15H17N3O2. The Bertz CT molecular complexity index is 666. The quantitative estimate of drug-likeness (QED) is 0.824. The Morgan fingerprint density at radius 1 is 1.35 bits per heavy atom. The molecular weight excluding hydrogens is 254 g/mol. The average molecular weight is 271 g/mol. The Balaban J connectivity index is 1.58. The molecule has 0 bridgehead atoms. The van der Waals surface area contributed by atoms with Crippen LogP contribution in [0.1, 0.15) is 23.2 Å². The van der Waals surface area contributed by atoms with Gasteiger partial charge in [0, 0.05) is 24.6 Å². The minimum Gasteiger partial charge on any atom is -0.393 e. The fourth-order valence-electron chi connectivity index (χ4n) is 3.65. The fraction of sp³-hybridized carbons (Fsp3) is 0.467. The largest absolute Gasteiger partial charge is 0.393 e. The Hall–Kier alpha value is -1.88. The number of aliphatic hydroxyl groups excluding tert-OH is 1. The monoisotopic (exact) mass is 271 g/mol. The Morgan fingerprint density at radius 3 is 3.10 bits per heavy atom. The minimum atomic E-state index is -0.229. The summed E-state index contributed by atoms with van der Waals surface area (Å²) in [7, 11) is 0. The van der Waals surface area contributed by atoms with Crippen molar-refractivity contribution in [3.63, 3.8) is 0 Å². The highest BCUT2D eigenvalue weighted by Crippen LogP contribution is 2.38. The first kappa shape index (κ1) is 11.9. The van der Waals surface area contributed by atoms with Gasteiger partial charge >= 0.3 is 0 Å². The van der Waals surface area contributed by atoms with Gasteiger partial charge < -0.3 is 15.0 Å². The predicted molar refractivity (Wildman–Crippen MR) is 74.2 cm³/mol. The molecule has 5 heteroatoms. The van der Waals surface area contributed by atoms with Crippen LogP contribution < -0.4 is 0 Å². The third-order valence-electron chi connectivity index (χ3n) is 4.77. The number of benzene rings is 1. The smallest absolute Gasteiger partial charge is 0.253 e. The number of nitrogens with one attached hydrogen (secondary N) is 1. The minimum absolute atomic E-state index is 0.0584.